The first-order valence-corrected chi connectivity index (χ1v) is 5.68. The summed E-state index contributed by atoms with van der Waals surface area (Å²) in [5, 5.41) is 13.8. The summed E-state index contributed by atoms with van der Waals surface area (Å²) in [5.41, 5.74) is 1.00. The molecular formula is C11H13BrN2O2. The van der Waals surface area contributed by atoms with Gasteiger partial charge in [-0.25, -0.2) is 0 Å². The van der Waals surface area contributed by atoms with Crippen molar-refractivity contribution in [3.63, 3.8) is 0 Å². The van der Waals surface area contributed by atoms with E-state index < -0.39 is 4.92 Å². The topological polar surface area (TPSA) is 55.2 Å². The van der Waals surface area contributed by atoms with Gasteiger partial charge in [0.25, 0.3) is 5.69 Å². The van der Waals surface area contributed by atoms with E-state index in [0.717, 1.165) is 23.0 Å². The minimum absolute atomic E-state index is 0.106. The minimum Gasteiger partial charge on any atom is -0.312 e. The van der Waals surface area contributed by atoms with Gasteiger partial charge >= 0.3 is 0 Å². The van der Waals surface area contributed by atoms with Crippen molar-refractivity contribution in [3.8, 4) is 0 Å². The zero-order valence-corrected chi connectivity index (χ0v) is 10.4. The summed E-state index contributed by atoms with van der Waals surface area (Å²) in [6.07, 6.45) is 2.71. The molecule has 0 fully saturated rings. The fourth-order valence-corrected chi connectivity index (χ4v) is 1.81. The highest BCUT2D eigenvalue weighted by molar-refractivity contribution is 9.10. The number of nitro groups is 1. The van der Waals surface area contributed by atoms with Gasteiger partial charge in [-0.15, -0.1) is 6.58 Å². The summed E-state index contributed by atoms with van der Waals surface area (Å²) in [6, 6.07) is 4.94. The minimum atomic E-state index is -0.391. The number of non-ortho nitro benzene ring substituents is 1. The molecule has 0 heterocycles. The first kappa shape index (κ1) is 12.9. The molecule has 0 atom stereocenters. The van der Waals surface area contributed by atoms with Gasteiger partial charge in [0.15, 0.2) is 0 Å². The van der Waals surface area contributed by atoms with Crippen LogP contribution >= 0.6 is 15.9 Å². The Hall–Kier alpha value is -1.20. The van der Waals surface area contributed by atoms with Crippen LogP contribution in [0.4, 0.5) is 5.69 Å². The van der Waals surface area contributed by atoms with E-state index in [-0.39, 0.29) is 5.69 Å². The molecule has 0 bridgehead atoms. The number of nitrogens with zero attached hydrogens (tertiary/aromatic N) is 1. The van der Waals surface area contributed by atoms with Gasteiger partial charge in [-0.1, -0.05) is 22.0 Å². The second kappa shape index (κ2) is 6.40. The Kier molecular flexibility index (Phi) is 5.14. The first-order valence-electron chi connectivity index (χ1n) is 4.89. The van der Waals surface area contributed by atoms with E-state index in [1.807, 2.05) is 12.1 Å². The molecule has 0 saturated carbocycles. The first-order chi connectivity index (χ1) is 7.63. The van der Waals surface area contributed by atoms with E-state index in [1.165, 1.54) is 6.07 Å². The smallest absolute Gasteiger partial charge is 0.270 e. The van der Waals surface area contributed by atoms with Crippen LogP contribution in [0.25, 0.3) is 0 Å². The Morgan fingerprint density at radius 1 is 1.50 bits per heavy atom. The van der Waals surface area contributed by atoms with Crippen molar-refractivity contribution in [2.24, 2.45) is 0 Å². The summed E-state index contributed by atoms with van der Waals surface area (Å²) in [7, 11) is 0. The van der Waals surface area contributed by atoms with Gasteiger partial charge in [-0.2, -0.15) is 0 Å². The highest BCUT2D eigenvalue weighted by Gasteiger charge is 2.08. The quantitative estimate of drug-likeness (QED) is 0.378. The van der Waals surface area contributed by atoms with E-state index in [9.17, 15) is 10.1 Å². The number of hydrogen-bond donors (Lipinski definition) is 1. The van der Waals surface area contributed by atoms with E-state index in [0.29, 0.717) is 6.54 Å². The Balaban J connectivity index is 2.65. The molecule has 1 rings (SSSR count). The second-order valence-electron chi connectivity index (χ2n) is 3.33. The Bertz CT molecular complexity index is 394. The van der Waals surface area contributed by atoms with E-state index >= 15 is 0 Å². The average molecular weight is 285 g/mol. The van der Waals surface area contributed by atoms with Crippen LogP contribution in [0.5, 0.6) is 0 Å². The maximum Gasteiger partial charge on any atom is 0.270 e. The molecule has 86 valence electrons. The van der Waals surface area contributed by atoms with Crippen LogP contribution in [-0.2, 0) is 6.54 Å². The standard InChI is InChI=1S/C11H13BrN2O2/c1-2-3-4-13-8-9-5-10(12)7-11(6-9)14(15)16/h2,5-7,13H,1,3-4,8H2. The molecule has 0 saturated heterocycles. The molecule has 0 aliphatic carbocycles. The molecule has 0 spiro atoms. The van der Waals surface area contributed by atoms with Crippen molar-refractivity contribution < 1.29 is 4.92 Å². The maximum atomic E-state index is 10.6. The molecule has 1 aromatic rings. The van der Waals surface area contributed by atoms with Crippen molar-refractivity contribution in [2.45, 2.75) is 13.0 Å². The molecule has 5 heteroatoms. The van der Waals surface area contributed by atoms with Crippen LogP contribution in [-0.4, -0.2) is 11.5 Å². The Morgan fingerprint density at radius 2 is 2.25 bits per heavy atom. The summed E-state index contributed by atoms with van der Waals surface area (Å²) < 4.78 is 0.724. The fraction of sp³-hybridized carbons (Fsp3) is 0.273. The van der Waals surface area contributed by atoms with E-state index in [1.54, 1.807) is 6.07 Å². The van der Waals surface area contributed by atoms with E-state index in [4.69, 9.17) is 0 Å². The lowest BCUT2D eigenvalue weighted by Gasteiger charge is -2.04. The van der Waals surface area contributed by atoms with Gasteiger partial charge < -0.3 is 5.32 Å². The van der Waals surface area contributed by atoms with Crippen molar-refractivity contribution in [1.29, 1.82) is 0 Å². The average Bonchev–Trinajstić information content (AvgIpc) is 2.23. The van der Waals surface area contributed by atoms with Gasteiger partial charge in [-0.05, 0) is 24.6 Å². The number of halogens is 1. The third-order valence-corrected chi connectivity index (χ3v) is 2.47. The fourth-order valence-electron chi connectivity index (χ4n) is 1.28. The third-order valence-electron chi connectivity index (χ3n) is 2.01. The zero-order valence-electron chi connectivity index (χ0n) is 8.78. The van der Waals surface area contributed by atoms with Crippen molar-refractivity contribution in [1.82, 2.24) is 5.32 Å². The molecule has 1 aromatic carbocycles. The van der Waals surface area contributed by atoms with Crippen molar-refractivity contribution in [2.75, 3.05) is 6.54 Å². The molecule has 16 heavy (non-hydrogen) atoms. The second-order valence-corrected chi connectivity index (χ2v) is 4.24. The number of hydrogen-bond acceptors (Lipinski definition) is 3. The molecule has 0 amide bonds. The molecule has 0 aromatic heterocycles. The lowest BCUT2D eigenvalue weighted by molar-refractivity contribution is -0.385. The summed E-state index contributed by atoms with van der Waals surface area (Å²) in [5.74, 6) is 0. The summed E-state index contributed by atoms with van der Waals surface area (Å²) >= 11 is 3.26. The predicted octanol–water partition coefficient (Wildman–Crippen LogP) is 3.02. The monoisotopic (exact) mass is 284 g/mol. The summed E-state index contributed by atoms with van der Waals surface area (Å²) in [6.45, 7) is 5.06. The molecule has 1 N–H and O–H groups in total. The van der Waals surface area contributed by atoms with Gasteiger partial charge in [0.05, 0.1) is 4.92 Å². The molecule has 0 aliphatic rings. The molecule has 0 aliphatic heterocycles. The highest BCUT2D eigenvalue weighted by Crippen LogP contribution is 2.21. The summed E-state index contributed by atoms with van der Waals surface area (Å²) in [4.78, 5) is 10.2. The normalized spacial score (nSPS) is 10.1. The molecule has 0 radical (unpaired) electrons. The van der Waals surface area contributed by atoms with Gasteiger partial charge in [0, 0.05) is 23.2 Å². The maximum absolute atomic E-state index is 10.6. The zero-order chi connectivity index (χ0) is 12.0. The number of nitro benzene ring substituents is 1. The number of nitrogens with one attached hydrogen (secondary N) is 1. The Morgan fingerprint density at radius 3 is 2.88 bits per heavy atom. The van der Waals surface area contributed by atoms with Crippen LogP contribution in [0.2, 0.25) is 0 Å². The van der Waals surface area contributed by atoms with E-state index in [2.05, 4.69) is 27.8 Å². The highest BCUT2D eigenvalue weighted by atomic mass is 79.9. The predicted molar refractivity (Wildman–Crippen MR) is 67.3 cm³/mol. The van der Waals surface area contributed by atoms with Crippen LogP contribution in [0.15, 0.2) is 35.3 Å². The van der Waals surface area contributed by atoms with Gasteiger partial charge in [0.2, 0.25) is 0 Å². The molecule has 0 unspecified atom stereocenters. The number of rotatable bonds is 6. The van der Waals surface area contributed by atoms with Crippen LogP contribution < -0.4 is 5.32 Å². The lowest BCUT2D eigenvalue weighted by Crippen LogP contribution is -2.14. The molecular weight excluding hydrogens is 272 g/mol. The number of benzene rings is 1. The SMILES string of the molecule is C=CCCNCc1cc(Br)cc([N+](=O)[O-])c1. The van der Waals surface area contributed by atoms with Gasteiger partial charge in [0.1, 0.15) is 0 Å². The third kappa shape index (κ3) is 4.12. The van der Waals surface area contributed by atoms with Crippen LogP contribution in [0.3, 0.4) is 0 Å². The lowest BCUT2D eigenvalue weighted by atomic mass is 10.2. The largest absolute Gasteiger partial charge is 0.312 e. The van der Waals surface area contributed by atoms with Crippen LogP contribution in [0.1, 0.15) is 12.0 Å². The van der Waals surface area contributed by atoms with Gasteiger partial charge in [-0.3, -0.25) is 10.1 Å². The molecule has 4 nitrogen and oxygen atoms in total. The van der Waals surface area contributed by atoms with Crippen molar-refractivity contribution >= 4 is 21.6 Å². The van der Waals surface area contributed by atoms with Crippen molar-refractivity contribution in [3.05, 3.63) is 51.0 Å². The Labute approximate surface area is 103 Å². The van der Waals surface area contributed by atoms with Crippen LogP contribution in [0, 0.1) is 10.1 Å².